The van der Waals surface area contributed by atoms with Gasteiger partial charge in [-0.15, -0.1) is 0 Å². The van der Waals surface area contributed by atoms with E-state index in [1.807, 2.05) is 0 Å². The summed E-state index contributed by atoms with van der Waals surface area (Å²) in [7, 11) is 0. The quantitative estimate of drug-likeness (QED) is 0.341. The van der Waals surface area contributed by atoms with Gasteiger partial charge in [-0.05, 0) is 24.5 Å². The van der Waals surface area contributed by atoms with Crippen LogP contribution in [-0.2, 0) is 6.42 Å². The van der Waals surface area contributed by atoms with Crippen molar-refractivity contribution in [3.8, 4) is 0 Å². The minimum absolute atomic E-state index is 0.138. The molecule has 5 heteroatoms. The predicted octanol–water partition coefficient (Wildman–Crippen LogP) is 3.57. The summed E-state index contributed by atoms with van der Waals surface area (Å²) in [6.45, 7) is 0. The molecule has 0 radical (unpaired) electrons. The molecule has 1 rings (SSSR count). The molecule has 0 bridgehead atoms. The fraction of sp³-hybridized carbons (Fsp3) is 0.333. The van der Waals surface area contributed by atoms with Gasteiger partial charge < -0.3 is 0 Å². The Bertz CT molecular complexity index is 338. The Hall–Kier alpha value is -0.580. The lowest BCUT2D eigenvalue weighted by Crippen LogP contribution is -2.01. The Kier molecular flexibility index (Phi) is 3.92. The third-order valence-corrected chi connectivity index (χ3v) is 2.32. The summed E-state index contributed by atoms with van der Waals surface area (Å²) in [5, 5.41) is 0.590. The SMILES string of the molecule is Fc1cc(CCCBr)c(F)c(F)c1F. The van der Waals surface area contributed by atoms with E-state index in [9.17, 15) is 17.6 Å². The highest BCUT2D eigenvalue weighted by molar-refractivity contribution is 9.09. The Morgan fingerprint density at radius 2 is 1.64 bits per heavy atom. The zero-order valence-electron chi connectivity index (χ0n) is 7.09. The number of hydrogen-bond donors (Lipinski definition) is 0. The molecule has 0 heterocycles. The Labute approximate surface area is 87.1 Å². The van der Waals surface area contributed by atoms with E-state index in [-0.39, 0.29) is 12.0 Å². The zero-order valence-corrected chi connectivity index (χ0v) is 8.67. The Morgan fingerprint density at radius 3 is 2.21 bits per heavy atom. The predicted molar refractivity (Wildman–Crippen MR) is 48.4 cm³/mol. The van der Waals surface area contributed by atoms with Crippen LogP contribution in [0.2, 0.25) is 0 Å². The summed E-state index contributed by atoms with van der Waals surface area (Å²) in [6, 6.07) is 0.691. The van der Waals surface area contributed by atoms with Crippen molar-refractivity contribution in [2.75, 3.05) is 5.33 Å². The fourth-order valence-electron chi connectivity index (χ4n) is 1.06. The largest absolute Gasteiger partial charge is 0.204 e. The van der Waals surface area contributed by atoms with Crippen molar-refractivity contribution in [1.82, 2.24) is 0 Å². The van der Waals surface area contributed by atoms with Crippen LogP contribution in [0.3, 0.4) is 0 Å². The van der Waals surface area contributed by atoms with Crippen LogP contribution in [0, 0.1) is 23.3 Å². The Morgan fingerprint density at radius 1 is 1.00 bits per heavy atom. The molecule has 0 spiro atoms. The van der Waals surface area contributed by atoms with Crippen molar-refractivity contribution in [2.45, 2.75) is 12.8 Å². The highest BCUT2D eigenvalue weighted by Gasteiger charge is 2.17. The van der Waals surface area contributed by atoms with E-state index in [0.717, 1.165) is 0 Å². The van der Waals surface area contributed by atoms with E-state index in [2.05, 4.69) is 15.9 Å². The first-order valence-corrected chi connectivity index (χ1v) is 5.08. The second-order valence-electron chi connectivity index (χ2n) is 2.75. The molecule has 0 atom stereocenters. The van der Waals surface area contributed by atoms with Gasteiger partial charge in [0.25, 0.3) is 0 Å². The Balaban J connectivity index is 3.06. The van der Waals surface area contributed by atoms with Gasteiger partial charge >= 0.3 is 0 Å². The molecule has 0 fully saturated rings. The molecule has 0 saturated heterocycles. The van der Waals surface area contributed by atoms with Crippen LogP contribution in [0.1, 0.15) is 12.0 Å². The molecule has 0 aliphatic rings. The van der Waals surface area contributed by atoms with Crippen LogP contribution in [0.4, 0.5) is 17.6 Å². The maximum absolute atomic E-state index is 13.0. The van der Waals surface area contributed by atoms with Gasteiger partial charge in [-0.2, -0.15) is 0 Å². The van der Waals surface area contributed by atoms with Crippen molar-refractivity contribution in [3.63, 3.8) is 0 Å². The molecule has 14 heavy (non-hydrogen) atoms. The number of hydrogen-bond acceptors (Lipinski definition) is 0. The lowest BCUT2D eigenvalue weighted by atomic mass is 10.1. The van der Waals surface area contributed by atoms with Gasteiger partial charge in [-0.25, -0.2) is 17.6 Å². The van der Waals surface area contributed by atoms with Crippen LogP contribution < -0.4 is 0 Å². The molecule has 78 valence electrons. The maximum Gasteiger partial charge on any atom is 0.197 e. The molecule has 0 N–H and O–H groups in total. The molecule has 0 aromatic heterocycles. The highest BCUT2D eigenvalue weighted by atomic mass is 79.9. The van der Waals surface area contributed by atoms with Crippen LogP contribution in [-0.4, -0.2) is 5.33 Å². The van der Waals surface area contributed by atoms with E-state index in [4.69, 9.17) is 0 Å². The average Bonchev–Trinajstić information content (AvgIpc) is 2.18. The minimum Gasteiger partial charge on any atom is -0.204 e. The lowest BCUT2D eigenvalue weighted by molar-refractivity contribution is 0.403. The van der Waals surface area contributed by atoms with Gasteiger partial charge in [0.15, 0.2) is 23.3 Å². The van der Waals surface area contributed by atoms with E-state index < -0.39 is 23.3 Å². The van der Waals surface area contributed by atoms with Crippen molar-refractivity contribution in [3.05, 3.63) is 34.9 Å². The molecule has 0 saturated carbocycles. The molecular weight excluding hydrogens is 264 g/mol. The van der Waals surface area contributed by atoms with Gasteiger partial charge in [0.2, 0.25) is 0 Å². The standard InChI is InChI=1S/C9H7BrF4/c10-3-1-2-5-4-6(11)8(13)9(14)7(5)12/h4H,1-3H2. The van der Waals surface area contributed by atoms with Crippen molar-refractivity contribution >= 4 is 15.9 Å². The summed E-state index contributed by atoms with van der Waals surface area (Å²) >= 11 is 3.10. The first-order valence-electron chi connectivity index (χ1n) is 3.95. The van der Waals surface area contributed by atoms with E-state index in [1.165, 1.54) is 0 Å². The van der Waals surface area contributed by atoms with Crippen LogP contribution in [0.5, 0.6) is 0 Å². The number of rotatable bonds is 3. The topological polar surface area (TPSA) is 0 Å². The molecule has 0 amide bonds. The molecule has 0 unspecified atom stereocenters. The summed E-state index contributed by atoms with van der Waals surface area (Å²) in [5.41, 5.74) is -0.138. The monoisotopic (exact) mass is 270 g/mol. The highest BCUT2D eigenvalue weighted by Crippen LogP contribution is 2.19. The maximum atomic E-state index is 13.0. The molecule has 1 aromatic carbocycles. The summed E-state index contributed by atoms with van der Waals surface area (Å²) in [6.07, 6.45) is 0.701. The second-order valence-corrected chi connectivity index (χ2v) is 3.54. The first kappa shape index (κ1) is 11.5. The van der Waals surface area contributed by atoms with Crippen molar-refractivity contribution in [2.24, 2.45) is 0 Å². The summed E-state index contributed by atoms with van der Waals surface area (Å²) < 4.78 is 50.8. The van der Waals surface area contributed by atoms with Gasteiger partial charge in [0.05, 0.1) is 0 Å². The molecule has 0 nitrogen and oxygen atoms in total. The minimum atomic E-state index is -1.76. The fourth-order valence-corrected chi connectivity index (χ4v) is 1.34. The second kappa shape index (κ2) is 4.77. The average molecular weight is 271 g/mol. The summed E-state index contributed by atoms with van der Waals surface area (Å²) in [4.78, 5) is 0. The van der Waals surface area contributed by atoms with E-state index >= 15 is 0 Å². The van der Waals surface area contributed by atoms with Gasteiger partial charge in [0, 0.05) is 5.33 Å². The van der Waals surface area contributed by atoms with Crippen molar-refractivity contribution < 1.29 is 17.6 Å². The van der Waals surface area contributed by atoms with Gasteiger partial charge in [-0.1, -0.05) is 15.9 Å². The number of benzene rings is 1. The normalized spacial score (nSPS) is 10.6. The number of alkyl halides is 1. The summed E-state index contributed by atoms with van der Waals surface area (Å²) in [5.74, 6) is -6.15. The molecule has 0 aliphatic heterocycles. The van der Waals surface area contributed by atoms with Crippen LogP contribution >= 0.6 is 15.9 Å². The first-order chi connectivity index (χ1) is 6.57. The van der Waals surface area contributed by atoms with E-state index in [1.54, 1.807) is 0 Å². The van der Waals surface area contributed by atoms with Gasteiger partial charge in [0.1, 0.15) is 0 Å². The van der Waals surface area contributed by atoms with Crippen LogP contribution in [0.25, 0.3) is 0 Å². The number of halogens is 5. The smallest absolute Gasteiger partial charge is 0.197 e. The van der Waals surface area contributed by atoms with Gasteiger partial charge in [-0.3, -0.25) is 0 Å². The molecule has 1 aromatic rings. The lowest BCUT2D eigenvalue weighted by Gasteiger charge is -2.04. The van der Waals surface area contributed by atoms with Crippen LogP contribution in [0.15, 0.2) is 6.07 Å². The molecular formula is C9H7BrF4. The third-order valence-electron chi connectivity index (χ3n) is 1.76. The molecule has 0 aliphatic carbocycles. The van der Waals surface area contributed by atoms with Crippen molar-refractivity contribution in [1.29, 1.82) is 0 Å². The zero-order chi connectivity index (χ0) is 10.7. The third kappa shape index (κ3) is 2.26. The number of aryl methyl sites for hydroxylation is 1. The van der Waals surface area contributed by atoms with E-state index in [0.29, 0.717) is 17.8 Å².